The van der Waals surface area contributed by atoms with Crippen molar-refractivity contribution in [3.63, 3.8) is 0 Å². The molecule has 0 bridgehead atoms. The summed E-state index contributed by atoms with van der Waals surface area (Å²) in [4.78, 5) is 28.3. The lowest BCUT2D eigenvalue weighted by molar-refractivity contribution is -0.142. The number of aromatic nitrogens is 2. The highest BCUT2D eigenvalue weighted by molar-refractivity contribution is 5.80. The van der Waals surface area contributed by atoms with Gasteiger partial charge in [-0.3, -0.25) is 14.2 Å². The van der Waals surface area contributed by atoms with Crippen molar-refractivity contribution in [2.75, 3.05) is 14.2 Å². The fraction of sp³-hybridized carbons (Fsp3) is 0.250. The molecule has 0 aliphatic carbocycles. The maximum absolute atomic E-state index is 13.2. The number of alkyl halides is 3. The number of hydrogen-bond donors (Lipinski definition) is 1. The molecule has 2 aromatic carbocycles. The van der Waals surface area contributed by atoms with Crippen molar-refractivity contribution in [1.82, 2.24) is 14.9 Å². The molecule has 0 saturated carbocycles. The van der Waals surface area contributed by atoms with Gasteiger partial charge in [-0.15, -0.1) is 0 Å². The summed E-state index contributed by atoms with van der Waals surface area (Å²) in [6.45, 7) is -0.569. The molecule has 7 nitrogen and oxygen atoms in total. The summed E-state index contributed by atoms with van der Waals surface area (Å²) in [6, 6.07) is 10.9. The third-order valence-corrected chi connectivity index (χ3v) is 4.38. The Labute approximate surface area is 169 Å². The standard InChI is InChI=1S/C20H18F3N3O4/c1-29-15-9-5-6-12(17(15)30-2)10-24-16(27)11-26-14-8-4-3-7-13(14)25-18(19(26)28)20(21,22)23/h3-9H,10-11H2,1-2H3,(H,24,27). The minimum atomic E-state index is -4.94. The molecule has 0 aliphatic rings. The minimum Gasteiger partial charge on any atom is -0.493 e. The Hall–Kier alpha value is -3.56. The SMILES string of the molecule is COc1cccc(CNC(=O)Cn2c(=O)c(C(F)(F)F)nc3ccccc32)c1OC. The molecule has 0 radical (unpaired) electrons. The van der Waals surface area contributed by atoms with Gasteiger partial charge in [0.15, 0.2) is 11.5 Å². The maximum atomic E-state index is 13.2. The molecule has 1 amide bonds. The molecule has 1 aromatic heterocycles. The van der Waals surface area contributed by atoms with Gasteiger partial charge in [0.1, 0.15) is 6.54 Å². The molecule has 10 heteroatoms. The number of halogens is 3. The average Bonchev–Trinajstić information content (AvgIpc) is 2.72. The van der Waals surface area contributed by atoms with E-state index < -0.39 is 29.9 Å². The Kier molecular flexibility index (Phi) is 5.95. The average molecular weight is 421 g/mol. The van der Waals surface area contributed by atoms with Gasteiger partial charge < -0.3 is 14.8 Å². The first kappa shape index (κ1) is 21.2. The first-order valence-corrected chi connectivity index (χ1v) is 8.79. The van der Waals surface area contributed by atoms with Gasteiger partial charge in [-0.1, -0.05) is 24.3 Å². The third-order valence-electron chi connectivity index (χ3n) is 4.38. The van der Waals surface area contributed by atoms with E-state index >= 15 is 0 Å². The van der Waals surface area contributed by atoms with Crippen LogP contribution >= 0.6 is 0 Å². The van der Waals surface area contributed by atoms with Gasteiger partial charge in [0, 0.05) is 12.1 Å². The molecule has 0 atom stereocenters. The number of benzene rings is 2. The summed E-state index contributed by atoms with van der Waals surface area (Å²) in [5.41, 5.74) is -2.25. The predicted molar refractivity (Wildman–Crippen MR) is 102 cm³/mol. The van der Waals surface area contributed by atoms with E-state index in [0.717, 1.165) is 4.57 Å². The first-order chi connectivity index (χ1) is 14.3. The van der Waals surface area contributed by atoms with E-state index in [0.29, 0.717) is 17.1 Å². The fourth-order valence-corrected chi connectivity index (χ4v) is 3.02. The second kappa shape index (κ2) is 8.44. The van der Waals surface area contributed by atoms with Crippen LogP contribution in [-0.2, 0) is 24.1 Å². The van der Waals surface area contributed by atoms with Gasteiger partial charge in [-0.2, -0.15) is 13.2 Å². The van der Waals surface area contributed by atoms with E-state index in [1.165, 1.54) is 32.4 Å². The van der Waals surface area contributed by atoms with E-state index in [9.17, 15) is 22.8 Å². The predicted octanol–water partition coefficient (Wildman–Crippen LogP) is 2.75. The van der Waals surface area contributed by atoms with Crippen LogP contribution in [0.5, 0.6) is 11.5 Å². The summed E-state index contributed by atoms with van der Waals surface area (Å²) in [6.07, 6.45) is -4.94. The normalized spacial score (nSPS) is 11.4. The van der Waals surface area contributed by atoms with Gasteiger partial charge in [-0.05, 0) is 18.2 Å². The second-order valence-electron chi connectivity index (χ2n) is 6.27. The van der Waals surface area contributed by atoms with E-state index in [2.05, 4.69) is 10.3 Å². The van der Waals surface area contributed by atoms with Crippen LogP contribution in [0.4, 0.5) is 13.2 Å². The first-order valence-electron chi connectivity index (χ1n) is 8.79. The Morgan fingerprint density at radius 1 is 1.10 bits per heavy atom. The maximum Gasteiger partial charge on any atom is 0.438 e. The van der Waals surface area contributed by atoms with E-state index in [-0.39, 0.29) is 17.6 Å². The van der Waals surface area contributed by atoms with Crippen molar-refractivity contribution in [3.05, 3.63) is 64.1 Å². The van der Waals surface area contributed by atoms with Gasteiger partial charge >= 0.3 is 6.18 Å². The number of ether oxygens (including phenoxy) is 2. The largest absolute Gasteiger partial charge is 0.493 e. The Morgan fingerprint density at radius 3 is 2.50 bits per heavy atom. The molecule has 3 rings (SSSR count). The molecular weight excluding hydrogens is 403 g/mol. The van der Waals surface area contributed by atoms with Crippen molar-refractivity contribution >= 4 is 16.9 Å². The zero-order valence-electron chi connectivity index (χ0n) is 16.1. The topological polar surface area (TPSA) is 82.5 Å². The highest BCUT2D eigenvalue weighted by Gasteiger charge is 2.37. The molecule has 1 heterocycles. The molecule has 1 N–H and O–H groups in total. The van der Waals surface area contributed by atoms with Crippen molar-refractivity contribution in [3.8, 4) is 11.5 Å². The number of nitrogens with zero attached hydrogens (tertiary/aromatic N) is 2. The Morgan fingerprint density at radius 2 is 1.83 bits per heavy atom. The smallest absolute Gasteiger partial charge is 0.438 e. The number of methoxy groups -OCH3 is 2. The lowest BCUT2D eigenvalue weighted by atomic mass is 10.2. The molecule has 0 fully saturated rings. The Balaban J connectivity index is 1.89. The van der Waals surface area contributed by atoms with Crippen LogP contribution in [0.25, 0.3) is 11.0 Å². The number of nitrogens with one attached hydrogen (secondary N) is 1. The monoisotopic (exact) mass is 421 g/mol. The van der Waals surface area contributed by atoms with E-state index in [4.69, 9.17) is 9.47 Å². The Bertz CT molecular complexity index is 1140. The van der Waals surface area contributed by atoms with Gasteiger partial charge in [0.2, 0.25) is 11.6 Å². The zero-order chi connectivity index (χ0) is 21.9. The zero-order valence-corrected chi connectivity index (χ0v) is 16.1. The van der Waals surface area contributed by atoms with Gasteiger partial charge in [0.25, 0.3) is 5.56 Å². The summed E-state index contributed by atoms with van der Waals surface area (Å²) in [5.74, 6) is 0.244. The summed E-state index contributed by atoms with van der Waals surface area (Å²) >= 11 is 0. The fourth-order valence-electron chi connectivity index (χ4n) is 3.02. The van der Waals surface area contributed by atoms with Crippen LogP contribution in [0.1, 0.15) is 11.3 Å². The molecule has 0 saturated heterocycles. The number of carbonyl (C=O) groups excluding carboxylic acids is 1. The number of carbonyl (C=O) groups is 1. The van der Waals surface area contributed by atoms with Crippen molar-refractivity contribution < 1.29 is 27.4 Å². The number of amides is 1. The molecule has 0 spiro atoms. The number of para-hydroxylation sites is 3. The number of hydrogen-bond acceptors (Lipinski definition) is 5. The van der Waals surface area contributed by atoms with Crippen LogP contribution in [0, 0.1) is 0 Å². The van der Waals surface area contributed by atoms with Crippen LogP contribution in [0.15, 0.2) is 47.3 Å². The summed E-state index contributed by atoms with van der Waals surface area (Å²) < 4.78 is 50.9. The quantitative estimate of drug-likeness (QED) is 0.662. The minimum absolute atomic E-state index is 0.0309. The van der Waals surface area contributed by atoms with Crippen LogP contribution in [0.2, 0.25) is 0 Å². The van der Waals surface area contributed by atoms with Gasteiger partial charge in [-0.25, -0.2) is 4.98 Å². The molecule has 158 valence electrons. The summed E-state index contributed by atoms with van der Waals surface area (Å²) in [7, 11) is 2.92. The van der Waals surface area contributed by atoms with E-state index in [1.54, 1.807) is 24.3 Å². The molecule has 30 heavy (non-hydrogen) atoms. The molecule has 3 aromatic rings. The van der Waals surface area contributed by atoms with Crippen molar-refractivity contribution in [1.29, 1.82) is 0 Å². The molecule has 0 aliphatic heterocycles. The summed E-state index contributed by atoms with van der Waals surface area (Å²) in [5, 5.41) is 2.59. The van der Waals surface area contributed by atoms with Crippen LogP contribution in [-0.4, -0.2) is 29.7 Å². The molecular formula is C20H18F3N3O4. The highest BCUT2D eigenvalue weighted by atomic mass is 19.4. The van der Waals surface area contributed by atoms with Crippen molar-refractivity contribution in [2.45, 2.75) is 19.3 Å². The second-order valence-corrected chi connectivity index (χ2v) is 6.27. The van der Waals surface area contributed by atoms with Gasteiger partial charge in [0.05, 0.1) is 25.3 Å². The third kappa shape index (κ3) is 4.22. The van der Waals surface area contributed by atoms with Crippen LogP contribution < -0.4 is 20.3 Å². The lowest BCUT2D eigenvalue weighted by Crippen LogP contribution is -2.36. The number of rotatable bonds is 6. The van der Waals surface area contributed by atoms with Crippen LogP contribution in [0.3, 0.4) is 0 Å². The lowest BCUT2D eigenvalue weighted by Gasteiger charge is -2.15. The van der Waals surface area contributed by atoms with E-state index in [1.807, 2.05) is 0 Å². The molecule has 0 unspecified atom stereocenters. The highest BCUT2D eigenvalue weighted by Crippen LogP contribution is 2.30. The number of fused-ring (bicyclic) bond motifs is 1. The van der Waals surface area contributed by atoms with Crippen molar-refractivity contribution in [2.24, 2.45) is 0 Å².